The molecule has 4 heteroatoms. The van der Waals surface area contributed by atoms with Gasteiger partial charge in [-0.1, -0.05) is 12.1 Å². The largest absolute Gasteiger partial charge is 0.493 e. The molecule has 0 radical (unpaired) electrons. The number of para-hydroxylation sites is 1. The molecule has 2 nitrogen and oxygen atoms in total. The normalized spacial score (nSPS) is 10.2. The van der Waals surface area contributed by atoms with Gasteiger partial charge in [-0.2, -0.15) is 0 Å². The molecule has 0 spiro atoms. The minimum Gasteiger partial charge on any atom is -0.493 e. The van der Waals surface area contributed by atoms with Gasteiger partial charge in [0.2, 0.25) is 5.78 Å². The van der Waals surface area contributed by atoms with Crippen molar-refractivity contribution in [1.29, 1.82) is 0 Å². The van der Waals surface area contributed by atoms with Crippen LogP contribution in [0.15, 0.2) is 40.2 Å². The number of benzene rings is 1. The second-order valence-electron chi connectivity index (χ2n) is 3.36. The quantitative estimate of drug-likeness (QED) is 0.793. The summed E-state index contributed by atoms with van der Waals surface area (Å²) in [6, 6.07) is 11.0. The van der Waals surface area contributed by atoms with Crippen molar-refractivity contribution < 1.29 is 9.53 Å². The van der Waals surface area contributed by atoms with Gasteiger partial charge >= 0.3 is 0 Å². The Morgan fingerprint density at radius 3 is 2.71 bits per heavy atom. The maximum absolute atomic E-state index is 12.3. The Morgan fingerprint density at radius 1 is 1.29 bits per heavy atom. The first-order valence-corrected chi connectivity index (χ1v) is 6.85. The van der Waals surface area contributed by atoms with E-state index in [2.05, 4.69) is 15.9 Å². The number of carbonyl (C=O) groups excluding carboxylic acids is 1. The van der Waals surface area contributed by atoms with Crippen LogP contribution in [-0.2, 0) is 0 Å². The van der Waals surface area contributed by atoms with Crippen LogP contribution in [0.5, 0.6) is 5.75 Å². The molecule has 0 N–H and O–H groups in total. The molecular weight excluding hydrogens is 300 g/mol. The predicted octanol–water partition coefficient (Wildman–Crippen LogP) is 4.14. The highest BCUT2D eigenvalue weighted by atomic mass is 79.9. The van der Waals surface area contributed by atoms with Crippen molar-refractivity contribution in [2.24, 2.45) is 0 Å². The van der Waals surface area contributed by atoms with Gasteiger partial charge in [0.25, 0.3) is 0 Å². The number of ether oxygens (including phenoxy) is 1. The summed E-state index contributed by atoms with van der Waals surface area (Å²) in [6.45, 7) is 2.46. The monoisotopic (exact) mass is 310 g/mol. The van der Waals surface area contributed by atoms with Crippen LogP contribution >= 0.6 is 27.3 Å². The van der Waals surface area contributed by atoms with Gasteiger partial charge in [-0.05, 0) is 47.1 Å². The number of rotatable bonds is 4. The van der Waals surface area contributed by atoms with E-state index < -0.39 is 0 Å². The van der Waals surface area contributed by atoms with Crippen molar-refractivity contribution in [3.05, 3.63) is 50.6 Å². The van der Waals surface area contributed by atoms with Crippen LogP contribution in [0.25, 0.3) is 0 Å². The summed E-state index contributed by atoms with van der Waals surface area (Å²) in [5.41, 5.74) is 0.615. The molecule has 0 fully saturated rings. The molecular formula is C13H11BrO2S. The average Bonchev–Trinajstić information content (AvgIpc) is 2.76. The topological polar surface area (TPSA) is 26.3 Å². The minimum atomic E-state index is 0.00440. The summed E-state index contributed by atoms with van der Waals surface area (Å²) in [4.78, 5) is 13.0. The highest BCUT2D eigenvalue weighted by Gasteiger charge is 2.15. The van der Waals surface area contributed by atoms with Crippen LogP contribution < -0.4 is 4.74 Å². The van der Waals surface area contributed by atoms with Crippen LogP contribution in [-0.4, -0.2) is 12.4 Å². The van der Waals surface area contributed by atoms with Gasteiger partial charge < -0.3 is 4.74 Å². The van der Waals surface area contributed by atoms with E-state index >= 15 is 0 Å². The van der Waals surface area contributed by atoms with Crippen molar-refractivity contribution in [2.45, 2.75) is 6.92 Å². The van der Waals surface area contributed by atoms with Crippen molar-refractivity contribution >= 4 is 33.0 Å². The van der Waals surface area contributed by atoms with E-state index in [4.69, 9.17) is 4.74 Å². The minimum absolute atomic E-state index is 0.00440. The summed E-state index contributed by atoms with van der Waals surface area (Å²) < 4.78 is 6.41. The van der Waals surface area contributed by atoms with Crippen molar-refractivity contribution in [3.63, 3.8) is 0 Å². The highest BCUT2D eigenvalue weighted by molar-refractivity contribution is 9.11. The van der Waals surface area contributed by atoms with Crippen LogP contribution in [0, 0.1) is 0 Å². The Balaban J connectivity index is 2.36. The molecule has 0 atom stereocenters. The number of thiophene rings is 1. The standard InChI is InChI=1S/C13H11BrO2S/c1-2-16-10-6-4-3-5-9(10)13(15)11-7-8-12(14)17-11/h3-8H,2H2,1H3. The third-order valence-corrected chi connectivity index (χ3v) is 3.85. The van der Waals surface area contributed by atoms with E-state index in [0.717, 1.165) is 3.79 Å². The molecule has 0 bridgehead atoms. The molecule has 2 aromatic rings. The average molecular weight is 311 g/mol. The van der Waals surface area contributed by atoms with Crippen LogP contribution in [0.4, 0.5) is 0 Å². The molecule has 0 saturated heterocycles. The molecule has 1 heterocycles. The van der Waals surface area contributed by atoms with Gasteiger partial charge in [0, 0.05) is 0 Å². The lowest BCUT2D eigenvalue weighted by atomic mass is 10.1. The molecule has 17 heavy (non-hydrogen) atoms. The Bertz CT molecular complexity index is 534. The first kappa shape index (κ1) is 12.3. The maximum Gasteiger partial charge on any atom is 0.206 e. The van der Waals surface area contributed by atoms with Gasteiger partial charge in [-0.3, -0.25) is 4.79 Å². The SMILES string of the molecule is CCOc1ccccc1C(=O)c1ccc(Br)s1. The first-order chi connectivity index (χ1) is 8.22. The first-order valence-electron chi connectivity index (χ1n) is 5.24. The van der Waals surface area contributed by atoms with Gasteiger partial charge in [-0.25, -0.2) is 0 Å². The van der Waals surface area contributed by atoms with Gasteiger partial charge in [0.05, 0.1) is 20.8 Å². The van der Waals surface area contributed by atoms with Crippen LogP contribution in [0.1, 0.15) is 22.2 Å². The molecule has 1 aromatic heterocycles. The van der Waals surface area contributed by atoms with E-state index in [1.807, 2.05) is 37.3 Å². The number of hydrogen-bond acceptors (Lipinski definition) is 3. The zero-order valence-corrected chi connectivity index (χ0v) is 11.7. The lowest BCUT2D eigenvalue weighted by Crippen LogP contribution is -2.03. The lowest BCUT2D eigenvalue weighted by Gasteiger charge is -2.07. The summed E-state index contributed by atoms with van der Waals surface area (Å²) in [6.07, 6.45) is 0. The zero-order valence-electron chi connectivity index (χ0n) is 9.27. The fourth-order valence-corrected chi connectivity index (χ4v) is 2.84. The molecule has 0 saturated carbocycles. The van der Waals surface area contributed by atoms with Crippen molar-refractivity contribution in [2.75, 3.05) is 6.61 Å². The molecule has 0 amide bonds. The zero-order chi connectivity index (χ0) is 12.3. The number of halogens is 1. The summed E-state index contributed by atoms with van der Waals surface area (Å²) in [5.74, 6) is 0.647. The number of ketones is 1. The summed E-state index contributed by atoms with van der Waals surface area (Å²) in [7, 11) is 0. The van der Waals surface area contributed by atoms with Crippen molar-refractivity contribution in [3.8, 4) is 5.75 Å². The van der Waals surface area contributed by atoms with E-state index in [1.54, 1.807) is 6.07 Å². The molecule has 0 unspecified atom stereocenters. The Hall–Kier alpha value is -1.13. The van der Waals surface area contributed by atoms with Gasteiger partial charge in [0.15, 0.2) is 0 Å². The molecule has 0 aliphatic heterocycles. The summed E-state index contributed by atoms with van der Waals surface area (Å²) in [5, 5.41) is 0. The second kappa shape index (κ2) is 5.47. The maximum atomic E-state index is 12.3. The van der Waals surface area contributed by atoms with Crippen molar-refractivity contribution in [1.82, 2.24) is 0 Å². The number of hydrogen-bond donors (Lipinski definition) is 0. The van der Waals surface area contributed by atoms with Crippen LogP contribution in [0.2, 0.25) is 0 Å². The lowest BCUT2D eigenvalue weighted by molar-refractivity contribution is 0.103. The fraction of sp³-hybridized carbons (Fsp3) is 0.154. The smallest absolute Gasteiger partial charge is 0.206 e. The second-order valence-corrected chi connectivity index (χ2v) is 5.83. The van der Waals surface area contributed by atoms with E-state index in [1.165, 1.54) is 11.3 Å². The molecule has 88 valence electrons. The predicted molar refractivity (Wildman–Crippen MR) is 73.1 cm³/mol. The summed E-state index contributed by atoms with van der Waals surface area (Å²) >= 11 is 4.79. The molecule has 2 rings (SSSR count). The number of carbonyl (C=O) groups is 1. The Kier molecular flexibility index (Phi) is 3.97. The highest BCUT2D eigenvalue weighted by Crippen LogP contribution is 2.27. The van der Waals surface area contributed by atoms with E-state index in [0.29, 0.717) is 22.8 Å². The Labute approximate surface area is 112 Å². The van der Waals surface area contributed by atoms with Crippen LogP contribution in [0.3, 0.4) is 0 Å². The molecule has 0 aliphatic rings. The third-order valence-electron chi connectivity index (χ3n) is 2.23. The fourth-order valence-electron chi connectivity index (χ4n) is 1.50. The van der Waals surface area contributed by atoms with Gasteiger partial charge in [-0.15, -0.1) is 11.3 Å². The van der Waals surface area contributed by atoms with Gasteiger partial charge in [0.1, 0.15) is 5.75 Å². The Morgan fingerprint density at radius 2 is 2.06 bits per heavy atom. The third kappa shape index (κ3) is 2.76. The molecule has 1 aromatic carbocycles. The van der Waals surface area contributed by atoms with E-state index in [9.17, 15) is 4.79 Å². The van der Waals surface area contributed by atoms with E-state index in [-0.39, 0.29) is 5.78 Å². The molecule has 0 aliphatic carbocycles.